The number of nitrogens with two attached hydrogens (primary N) is 1. The van der Waals surface area contributed by atoms with Gasteiger partial charge in [-0.25, -0.2) is 0 Å². The van der Waals surface area contributed by atoms with Crippen LogP contribution in [-0.4, -0.2) is 13.2 Å². The van der Waals surface area contributed by atoms with E-state index < -0.39 is 0 Å². The standard InChI is InChI=1S/C3H10N2.2CH4/c1-2-5-3-4;;/h5H,2-4H2,1H3;2*1H4. The molecule has 0 fully saturated rings. The predicted molar refractivity (Wildman–Crippen MR) is 36.2 cm³/mol. The minimum absolute atomic E-state index is 0. The average molecular weight is 106 g/mol. The molecule has 0 saturated carbocycles. The molecule has 0 aromatic carbocycles. The van der Waals surface area contributed by atoms with E-state index in [9.17, 15) is 0 Å². The Morgan fingerprint density at radius 1 is 1.43 bits per heavy atom. The van der Waals surface area contributed by atoms with E-state index >= 15 is 0 Å². The first kappa shape index (κ1) is 15.8. The van der Waals surface area contributed by atoms with Crippen molar-refractivity contribution in [1.82, 2.24) is 5.32 Å². The molecule has 0 aromatic heterocycles. The molecule has 0 rings (SSSR count). The van der Waals surface area contributed by atoms with Crippen LogP contribution in [0.4, 0.5) is 0 Å². The minimum atomic E-state index is 0. The fraction of sp³-hybridized carbons (Fsp3) is 1.00. The second-order valence-electron chi connectivity index (χ2n) is 0.808. The molecule has 0 aromatic rings. The third kappa shape index (κ3) is 24.7. The molecule has 0 bridgehead atoms. The summed E-state index contributed by atoms with van der Waals surface area (Å²) in [6.07, 6.45) is 0. The van der Waals surface area contributed by atoms with Gasteiger partial charge < -0.3 is 11.1 Å². The summed E-state index contributed by atoms with van der Waals surface area (Å²) in [5.74, 6) is 0. The van der Waals surface area contributed by atoms with Gasteiger partial charge in [-0.05, 0) is 6.54 Å². The van der Waals surface area contributed by atoms with Crippen LogP contribution in [0.3, 0.4) is 0 Å². The lowest BCUT2D eigenvalue weighted by Crippen LogP contribution is -2.21. The number of rotatable bonds is 2. The summed E-state index contributed by atoms with van der Waals surface area (Å²) in [6.45, 7) is 3.58. The summed E-state index contributed by atoms with van der Waals surface area (Å²) in [5.41, 5.74) is 5.03. The van der Waals surface area contributed by atoms with Gasteiger partial charge in [0.1, 0.15) is 0 Å². The van der Waals surface area contributed by atoms with Crippen molar-refractivity contribution in [3.8, 4) is 0 Å². The molecule has 7 heavy (non-hydrogen) atoms. The molecular formula is C5H18N2. The maximum absolute atomic E-state index is 5.03. The zero-order chi connectivity index (χ0) is 4.12. The van der Waals surface area contributed by atoms with E-state index in [2.05, 4.69) is 5.32 Å². The Balaban J connectivity index is -0.0000000800. The maximum Gasteiger partial charge on any atom is 0.0428 e. The molecule has 0 heterocycles. The molecule has 0 amide bonds. The van der Waals surface area contributed by atoms with Gasteiger partial charge in [0.2, 0.25) is 0 Å². The van der Waals surface area contributed by atoms with Gasteiger partial charge in [0, 0.05) is 6.67 Å². The van der Waals surface area contributed by atoms with Gasteiger partial charge in [-0.2, -0.15) is 0 Å². The fourth-order valence-corrected chi connectivity index (χ4v) is 0.144. The lowest BCUT2D eigenvalue weighted by atomic mass is 10.8. The monoisotopic (exact) mass is 106 g/mol. The van der Waals surface area contributed by atoms with E-state index in [1.807, 2.05) is 6.92 Å². The van der Waals surface area contributed by atoms with Crippen LogP contribution in [-0.2, 0) is 0 Å². The number of nitrogens with one attached hydrogen (secondary N) is 1. The maximum atomic E-state index is 5.03. The highest BCUT2D eigenvalue weighted by Gasteiger charge is 1.62. The van der Waals surface area contributed by atoms with E-state index in [0.717, 1.165) is 6.54 Å². The van der Waals surface area contributed by atoms with Crippen LogP contribution in [0.1, 0.15) is 21.8 Å². The van der Waals surface area contributed by atoms with Crippen molar-refractivity contribution in [1.29, 1.82) is 0 Å². The minimum Gasteiger partial charge on any atom is -0.318 e. The highest BCUT2D eigenvalue weighted by molar-refractivity contribution is 4.25. The van der Waals surface area contributed by atoms with Gasteiger partial charge in [-0.15, -0.1) is 0 Å². The van der Waals surface area contributed by atoms with Crippen molar-refractivity contribution in [2.24, 2.45) is 5.73 Å². The highest BCUT2D eigenvalue weighted by atomic mass is 14.9. The van der Waals surface area contributed by atoms with Crippen LogP contribution in [0.5, 0.6) is 0 Å². The summed E-state index contributed by atoms with van der Waals surface area (Å²) >= 11 is 0. The third-order valence-corrected chi connectivity index (χ3v) is 0.394. The van der Waals surface area contributed by atoms with Crippen LogP contribution < -0.4 is 11.1 Å². The van der Waals surface area contributed by atoms with Gasteiger partial charge in [-0.1, -0.05) is 21.8 Å². The molecule has 0 aliphatic carbocycles. The topological polar surface area (TPSA) is 38.0 Å². The molecule has 0 saturated heterocycles. The molecule has 0 spiro atoms. The molecule has 0 aliphatic rings. The highest BCUT2D eigenvalue weighted by Crippen LogP contribution is 1.39. The lowest BCUT2D eigenvalue weighted by molar-refractivity contribution is 0.742. The van der Waals surface area contributed by atoms with E-state index in [-0.39, 0.29) is 14.9 Å². The van der Waals surface area contributed by atoms with E-state index in [1.165, 1.54) is 0 Å². The van der Waals surface area contributed by atoms with Crippen molar-refractivity contribution in [3.05, 3.63) is 0 Å². The Morgan fingerprint density at radius 2 is 1.86 bits per heavy atom. The fourth-order valence-electron chi connectivity index (χ4n) is 0.144. The first-order valence-electron chi connectivity index (χ1n) is 1.82. The smallest absolute Gasteiger partial charge is 0.0428 e. The number of hydrogen-bond acceptors (Lipinski definition) is 2. The molecule has 48 valence electrons. The van der Waals surface area contributed by atoms with Crippen molar-refractivity contribution >= 4 is 0 Å². The Morgan fingerprint density at radius 3 is 1.86 bits per heavy atom. The van der Waals surface area contributed by atoms with E-state index in [4.69, 9.17) is 5.73 Å². The lowest BCUT2D eigenvalue weighted by Gasteiger charge is -1.86. The quantitative estimate of drug-likeness (QED) is 0.511. The summed E-state index contributed by atoms with van der Waals surface area (Å²) in [5, 5.41) is 2.89. The molecule has 0 atom stereocenters. The molecule has 0 radical (unpaired) electrons. The summed E-state index contributed by atoms with van der Waals surface area (Å²) in [7, 11) is 0. The van der Waals surface area contributed by atoms with Gasteiger partial charge in [0.15, 0.2) is 0 Å². The molecule has 3 N–H and O–H groups in total. The van der Waals surface area contributed by atoms with Crippen molar-refractivity contribution < 1.29 is 0 Å². The zero-order valence-electron chi connectivity index (χ0n) is 3.49. The molecule has 0 unspecified atom stereocenters. The first-order valence-corrected chi connectivity index (χ1v) is 1.82. The Bertz CT molecular complexity index is 13.6. The summed E-state index contributed by atoms with van der Waals surface area (Å²) in [4.78, 5) is 0. The van der Waals surface area contributed by atoms with E-state index in [1.54, 1.807) is 0 Å². The molecule has 2 nitrogen and oxygen atoms in total. The Hall–Kier alpha value is -0.0800. The largest absolute Gasteiger partial charge is 0.318 e. The van der Waals surface area contributed by atoms with Crippen molar-refractivity contribution in [2.75, 3.05) is 13.2 Å². The molecular weight excluding hydrogens is 88.1 g/mol. The second kappa shape index (κ2) is 16.8. The van der Waals surface area contributed by atoms with Crippen LogP contribution in [0, 0.1) is 0 Å². The predicted octanol–water partition coefficient (Wildman–Crippen LogP) is 0.784. The molecule has 2 heteroatoms. The van der Waals surface area contributed by atoms with Crippen LogP contribution in [0.2, 0.25) is 0 Å². The van der Waals surface area contributed by atoms with Gasteiger partial charge >= 0.3 is 0 Å². The number of hydrogen-bond donors (Lipinski definition) is 2. The zero-order valence-corrected chi connectivity index (χ0v) is 3.49. The molecule has 0 aliphatic heterocycles. The third-order valence-electron chi connectivity index (χ3n) is 0.394. The first-order chi connectivity index (χ1) is 2.41. The van der Waals surface area contributed by atoms with Gasteiger partial charge in [-0.3, -0.25) is 0 Å². The van der Waals surface area contributed by atoms with Crippen LogP contribution in [0.15, 0.2) is 0 Å². The van der Waals surface area contributed by atoms with Crippen LogP contribution in [0.25, 0.3) is 0 Å². The van der Waals surface area contributed by atoms with Crippen molar-refractivity contribution in [2.45, 2.75) is 21.8 Å². The van der Waals surface area contributed by atoms with Gasteiger partial charge in [0.05, 0.1) is 0 Å². The van der Waals surface area contributed by atoms with Crippen LogP contribution >= 0.6 is 0 Å². The summed E-state index contributed by atoms with van der Waals surface area (Å²) in [6, 6.07) is 0. The second-order valence-corrected chi connectivity index (χ2v) is 0.808. The Kier molecular flexibility index (Phi) is 37.9. The SMILES string of the molecule is C.C.CCNCN. The van der Waals surface area contributed by atoms with E-state index in [0.29, 0.717) is 6.67 Å². The Labute approximate surface area is 47.1 Å². The average Bonchev–Trinajstić information content (AvgIpc) is 1.41. The van der Waals surface area contributed by atoms with Gasteiger partial charge in [0.25, 0.3) is 0 Å². The summed E-state index contributed by atoms with van der Waals surface area (Å²) < 4.78 is 0. The van der Waals surface area contributed by atoms with Crippen molar-refractivity contribution in [3.63, 3.8) is 0 Å². The normalized spacial score (nSPS) is 6.00.